The highest BCUT2D eigenvalue weighted by atomic mass is 16.5. The van der Waals surface area contributed by atoms with Crippen molar-refractivity contribution in [2.45, 2.75) is 19.4 Å². The third-order valence-electron chi connectivity index (χ3n) is 6.07. The largest absolute Gasteiger partial charge is 0.507 e. The lowest BCUT2D eigenvalue weighted by Gasteiger charge is -2.26. The van der Waals surface area contributed by atoms with Crippen LogP contribution in [0.1, 0.15) is 30.5 Å². The molecule has 3 aromatic carbocycles. The summed E-state index contributed by atoms with van der Waals surface area (Å²) in [5, 5.41) is 13.3. The van der Waals surface area contributed by atoms with Gasteiger partial charge in [0.25, 0.3) is 11.7 Å². The number of nitrogens with zero attached hydrogens (tertiary/aromatic N) is 2. The Morgan fingerprint density at radius 1 is 1.00 bits per heavy atom. The second-order valence-electron chi connectivity index (χ2n) is 8.71. The van der Waals surface area contributed by atoms with Crippen LogP contribution in [-0.4, -0.2) is 60.4 Å². The smallest absolute Gasteiger partial charge is 0.295 e. The molecule has 1 unspecified atom stereocenters. The molecule has 0 saturated carbocycles. The predicted octanol–water partition coefficient (Wildman–Crippen LogP) is 4.61. The van der Waals surface area contributed by atoms with Crippen molar-refractivity contribution in [2.24, 2.45) is 0 Å². The van der Waals surface area contributed by atoms with Crippen molar-refractivity contribution in [1.82, 2.24) is 9.80 Å². The van der Waals surface area contributed by atoms with E-state index >= 15 is 0 Å². The van der Waals surface area contributed by atoms with Gasteiger partial charge >= 0.3 is 0 Å². The van der Waals surface area contributed by atoms with E-state index in [0.717, 1.165) is 22.9 Å². The van der Waals surface area contributed by atoms with Crippen LogP contribution in [0.25, 0.3) is 16.5 Å². The maximum Gasteiger partial charge on any atom is 0.295 e. The average Bonchev–Trinajstić information content (AvgIpc) is 3.09. The van der Waals surface area contributed by atoms with Gasteiger partial charge in [0, 0.05) is 12.1 Å². The maximum atomic E-state index is 13.2. The number of ketones is 1. The summed E-state index contributed by atoms with van der Waals surface area (Å²) in [5.41, 5.74) is 1.39. The molecule has 0 bridgehead atoms. The summed E-state index contributed by atoms with van der Waals surface area (Å²) in [5.74, 6) is -0.683. The number of fused-ring (bicyclic) bond motifs is 1. The normalized spacial score (nSPS) is 17.6. The predicted molar refractivity (Wildman–Crippen MR) is 134 cm³/mol. The number of carbonyl (C=O) groups excluding carboxylic acids is 2. The lowest BCUT2D eigenvalue weighted by Crippen LogP contribution is -2.32. The summed E-state index contributed by atoms with van der Waals surface area (Å²) < 4.78 is 5.55. The highest BCUT2D eigenvalue weighted by molar-refractivity contribution is 6.46. The number of ether oxygens (including phenoxy) is 1. The topological polar surface area (TPSA) is 70.1 Å². The molecule has 6 heteroatoms. The number of amides is 1. The maximum absolute atomic E-state index is 13.2. The van der Waals surface area contributed by atoms with Gasteiger partial charge in [0.05, 0.1) is 18.2 Å². The zero-order chi connectivity index (χ0) is 24.2. The zero-order valence-electron chi connectivity index (χ0n) is 19.8. The summed E-state index contributed by atoms with van der Waals surface area (Å²) >= 11 is 0. The van der Waals surface area contributed by atoms with Gasteiger partial charge in [-0.15, -0.1) is 0 Å². The molecule has 1 N–H and O–H groups in total. The summed E-state index contributed by atoms with van der Waals surface area (Å²) in [6.45, 7) is 3.65. The van der Waals surface area contributed by atoms with Gasteiger partial charge in [-0.1, -0.05) is 48.5 Å². The Bertz CT molecular complexity index is 1230. The first kappa shape index (κ1) is 23.5. The molecule has 1 heterocycles. The second kappa shape index (κ2) is 10.1. The molecular weight excluding hydrogens is 428 g/mol. The SMILES string of the molecule is CCOc1ccc(C2/C(=C(/O)c3ccc4ccccc4c3)C(=O)C(=O)N2CCCN(C)C)cc1. The number of hydrogen-bond donors (Lipinski definition) is 1. The third-order valence-corrected chi connectivity index (χ3v) is 6.07. The molecule has 6 nitrogen and oxygen atoms in total. The number of aliphatic hydroxyl groups excluding tert-OH is 1. The summed E-state index contributed by atoms with van der Waals surface area (Å²) in [6.07, 6.45) is 0.712. The molecule has 1 fully saturated rings. The lowest BCUT2D eigenvalue weighted by molar-refractivity contribution is -0.139. The number of hydrogen-bond acceptors (Lipinski definition) is 5. The van der Waals surface area contributed by atoms with Gasteiger partial charge in [-0.3, -0.25) is 9.59 Å². The first-order valence-corrected chi connectivity index (χ1v) is 11.6. The van der Waals surface area contributed by atoms with E-state index in [2.05, 4.69) is 0 Å². The fraction of sp³-hybridized carbons (Fsp3) is 0.286. The molecule has 0 aliphatic carbocycles. The number of Topliss-reactive ketones (excluding diaryl/α,β-unsaturated/α-hetero) is 1. The number of likely N-dealkylation sites (tertiary alicyclic amines) is 1. The van der Waals surface area contributed by atoms with Crippen molar-refractivity contribution in [3.63, 3.8) is 0 Å². The quantitative estimate of drug-likeness (QED) is 0.303. The highest BCUT2D eigenvalue weighted by Crippen LogP contribution is 2.40. The lowest BCUT2D eigenvalue weighted by atomic mass is 9.94. The molecule has 0 radical (unpaired) electrons. The molecule has 1 amide bonds. The van der Waals surface area contributed by atoms with Crippen molar-refractivity contribution in [2.75, 3.05) is 33.8 Å². The fourth-order valence-corrected chi connectivity index (χ4v) is 4.42. The Morgan fingerprint density at radius 2 is 1.71 bits per heavy atom. The van der Waals surface area contributed by atoms with Crippen LogP contribution >= 0.6 is 0 Å². The van der Waals surface area contributed by atoms with Crippen molar-refractivity contribution in [3.05, 3.63) is 83.4 Å². The second-order valence-corrected chi connectivity index (χ2v) is 8.71. The number of benzene rings is 3. The molecule has 176 valence electrons. The molecule has 1 saturated heterocycles. The molecule has 1 aliphatic heterocycles. The van der Waals surface area contributed by atoms with Crippen LogP contribution in [0.4, 0.5) is 0 Å². The fourth-order valence-electron chi connectivity index (χ4n) is 4.42. The Balaban J connectivity index is 1.79. The minimum Gasteiger partial charge on any atom is -0.507 e. The van der Waals surface area contributed by atoms with E-state index in [1.54, 1.807) is 11.0 Å². The van der Waals surface area contributed by atoms with Crippen LogP contribution in [0.5, 0.6) is 5.75 Å². The van der Waals surface area contributed by atoms with Crippen molar-refractivity contribution in [3.8, 4) is 5.75 Å². The first-order valence-electron chi connectivity index (χ1n) is 11.6. The van der Waals surface area contributed by atoms with Crippen molar-refractivity contribution >= 4 is 28.2 Å². The molecular formula is C28H30N2O4. The van der Waals surface area contributed by atoms with Crippen LogP contribution in [0.2, 0.25) is 0 Å². The van der Waals surface area contributed by atoms with Gasteiger partial charge in [-0.2, -0.15) is 0 Å². The van der Waals surface area contributed by atoms with Crippen LogP contribution in [0.3, 0.4) is 0 Å². The number of aliphatic hydroxyl groups is 1. The Hall–Kier alpha value is -3.64. The van der Waals surface area contributed by atoms with Crippen LogP contribution in [0.15, 0.2) is 72.3 Å². The molecule has 1 atom stereocenters. The van der Waals surface area contributed by atoms with Crippen LogP contribution in [-0.2, 0) is 9.59 Å². The summed E-state index contributed by atoms with van der Waals surface area (Å²) in [4.78, 5) is 29.9. The molecule has 0 spiro atoms. The van der Waals surface area contributed by atoms with Gasteiger partial charge in [0.1, 0.15) is 11.5 Å². The Kier molecular flexibility index (Phi) is 6.98. The molecule has 0 aromatic heterocycles. The Morgan fingerprint density at radius 3 is 2.38 bits per heavy atom. The standard InChI is InChI=1S/C28H30N2O4/c1-4-34-23-14-12-20(13-15-23)25-24(27(32)28(33)30(25)17-7-16-29(2)3)26(31)22-11-10-19-8-5-6-9-21(19)18-22/h5-6,8-15,18,25,31H,4,7,16-17H2,1-3H3/b26-24-. The average molecular weight is 459 g/mol. The molecule has 3 aromatic rings. The molecule has 4 rings (SSSR count). The highest BCUT2D eigenvalue weighted by Gasteiger charge is 2.45. The zero-order valence-corrected chi connectivity index (χ0v) is 19.8. The van der Waals surface area contributed by atoms with E-state index in [9.17, 15) is 14.7 Å². The van der Waals surface area contributed by atoms with E-state index < -0.39 is 17.7 Å². The minimum absolute atomic E-state index is 0.120. The third kappa shape index (κ3) is 4.68. The Labute approximate surface area is 200 Å². The van der Waals surface area contributed by atoms with Gasteiger partial charge in [-0.25, -0.2) is 0 Å². The van der Waals surface area contributed by atoms with Gasteiger partial charge in [0.15, 0.2) is 0 Å². The summed E-state index contributed by atoms with van der Waals surface area (Å²) in [7, 11) is 3.94. The summed E-state index contributed by atoms with van der Waals surface area (Å²) in [6, 6.07) is 20.1. The van der Waals surface area contributed by atoms with E-state index in [4.69, 9.17) is 4.74 Å². The van der Waals surface area contributed by atoms with Gasteiger partial charge in [0.2, 0.25) is 0 Å². The minimum atomic E-state index is -0.663. The number of carbonyl (C=O) groups is 2. The van der Waals surface area contributed by atoms with Crippen molar-refractivity contribution < 1.29 is 19.4 Å². The first-order chi connectivity index (χ1) is 16.4. The van der Waals surface area contributed by atoms with Gasteiger partial charge < -0.3 is 19.6 Å². The van der Waals surface area contributed by atoms with E-state index in [0.29, 0.717) is 30.9 Å². The monoisotopic (exact) mass is 458 g/mol. The molecule has 34 heavy (non-hydrogen) atoms. The van der Waals surface area contributed by atoms with E-state index in [-0.39, 0.29) is 11.3 Å². The van der Waals surface area contributed by atoms with E-state index in [1.807, 2.05) is 86.6 Å². The van der Waals surface area contributed by atoms with Crippen LogP contribution < -0.4 is 4.74 Å². The van der Waals surface area contributed by atoms with E-state index in [1.165, 1.54) is 0 Å². The van der Waals surface area contributed by atoms with Crippen molar-refractivity contribution in [1.29, 1.82) is 0 Å². The molecule has 1 aliphatic rings. The van der Waals surface area contributed by atoms with Crippen LogP contribution in [0, 0.1) is 0 Å². The number of rotatable bonds is 8. The van der Waals surface area contributed by atoms with Gasteiger partial charge in [-0.05, 0) is 68.5 Å².